The lowest BCUT2D eigenvalue weighted by molar-refractivity contribution is 0.187. The molecule has 1 rings (SSSR count). The van der Waals surface area contributed by atoms with E-state index in [1.165, 1.54) is 0 Å². The highest BCUT2D eigenvalue weighted by Gasteiger charge is 2.14. The molecule has 0 radical (unpaired) electrons. The van der Waals surface area contributed by atoms with Crippen molar-refractivity contribution in [3.05, 3.63) is 23.8 Å². The Balaban J connectivity index is 2.75. The highest BCUT2D eigenvalue weighted by atomic mass is 16.5. The van der Waals surface area contributed by atoms with E-state index in [0.717, 1.165) is 30.8 Å². The maximum Gasteiger partial charge on any atom is 0.123 e. The number of nitrogens with zero attached hydrogens (tertiary/aromatic N) is 1. The predicted octanol–water partition coefficient (Wildman–Crippen LogP) is 4.05. The lowest BCUT2D eigenvalue weighted by atomic mass is 10.1. The first-order valence-corrected chi connectivity index (χ1v) is 7.62. The smallest absolute Gasteiger partial charge is 0.123 e. The van der Waals surface area contributed by atoms with Crippen LogP contribution in [0, 0.1) is 5.92 Å². The van der Waals surface area contributed by atoms with E-state index in [-0.39, 0.29) is 0 Å². The van der Waals surface area contributed by atoms with E-state index >= 15 is 0 Å². The maximum atomic E-state index is 10.1. The number of phenols is 1. The van der Waals surface area contributed by atoms with Gasteiger partial charge < -0.3 is 9.84 Å². The van der Waals surface area contributed by atoms with Crippen LogP contribution in [0.1, 0.15) is 46.6 Å². The Kier molecular flexibility index (Phi) is 6.86. The summed E-state index contributed by atoms with van der Waals surface area (Å²) in [5, 5.41) is 10.1. The Labute approximate surface area is 123 Å². The van der Waals surface area contributed by atoms with E-state index in [2.05, 4.69) is 39.5 Å². The van der Waals surface area contributed by atoms with Crippen molar-refractivity contribution in [2.45, 2.75) is 53.6 Å². The van der Waals surface area contributed by atoms with Gasteiger partial charge in [-0.1, -0.05) is 26.8 Å². The van der Waals surface area contributed by atoms with Crippen molar-refractivity contribution in [3.63, 3.8) is 0 Å². The third kappa shape index (κ3) is 5.41. The number of hydrogen-bond acceptors (Lipinski definition) is 3. The molecule has 0 fully saturated rings. The normalized spacial score (nSPS) is 11.6. The zero-order chi connectivity index (χ0) is 15.1. The molecule has 1 N–H and O–H groups in total. The Morgan fingerprint density at radius 2 is 1.90 bits per heavy atom. The largest absolute Gasteiger partial charge is 0.507 e. The van der Waals surface area contributed by atoms with Gasteiger partial charge in [-0.15, -0.1) is 0 Å². The van der Waals surface area contributed by atoms with Crippen LogP contribution >= 0.6 is 0 Å². The van der Waals surface area contributed by atoms with Crippen LogP contribution in [0.2, 0.25) is 0 Å². The van der Waals surface area contributed by atoms with Gasteiger partial charge in [0.1, 0.15) is 11.5 Å². The molecule has 0 saturated carbocycles. The minimum Gasteiger partial charge on any atom is -0.507 e. The highest BCUT2D eigenvalue weighted by molar-refractivity contribution is 5.39. The van der Waals surface area contributed by atoms with Gasteiger partial charge in [0.25, 0.3) is 0 Å². The summed E-state index contributed by atoms with van der Waals surface area (Å²) in [6, 6.07) is 6.10. The van der Waals surface area contributed by atoms with Crippen molar-refractivity contribution < 1.29 is 9.84 Å². The molecule has 3 nitrogen and oxygen atoms in total. The molecule has 0 heterocycles. The van der Waals surface area contributed by atoms with Crippen LogP contribution in [-0.2, 0) is 6.54 Å². The fourth-order valence-corrected chi connectivity index (χ4v) is 2.13. The number of phenolic OH excluding ortho intramolecular Hbond substituents is 1. The summed E-state index contributed by atoms with van der Waals surface area (Å²) in [6.45, 7) is 13.4. The summed E-state index contributed by atoms with van der Waals surface area (Å²) in [6.07, 6.45) is 0.970. The summed E-state index contributed by atoms with van der Waals surface area (Å²) in [5.41, 5.74) is 0.961. The summed E-state index contributed by atoms with van der Waals surface area (Å²) in [4.78, 5) is 2.38. The summed E-state index contributed by atoms with van der Waals surface area (Å²) in [7, 11) is 0. The monoisotopic (exact) mass is 279 g/mol. The molecule has 0 aliphatic heterocycles. The van der Waals surface area contributed by atoms with E-state index < -0.39 is 0 Å². The van der Waals surface area contributed by atoms with E-state index in [1.807, 2.05) is 12.1 Å². The summed E-state index contributed by atoms with van der Waals surface area (Å²) in [5.74, 6) is 1.69. The van der Waals surface area contributed by atoms with Gasteiger partial charge >= 0.3 is 0 Å². The summed E-state index contributed by atoms with van der Waals surface area (Å²) >= 11 is 0. The minimum absolute atomic E-state index is 0.327. The average Bonchev–Trinajstić information content (AvgIpc) is 2.37. The van der Waals surface area contributed by atoms with E-state index in [1.54, 1.807) is 6.07 Å². The van der Waals surface area contributed by atoms with Crippen LogP contribution in [0.25, 0.3) is 0 Å². The second-order valence-corrected chi connectivity index (χ2v) is 6.06. The first-order chi connectivity index (χ1) is 9.43. The van der Waals surface area contributed by atoms with Gasteiger partial charge in [0.2, 0.25) is 0 Å². The summed E-state index contributed by atoms with van der Waals surface area (Å²) < 4.78 is 5.53. The highest BCUT2D eigenvalue weighted by Crippen LogP contribution is 2.25. The molecule has 114 valence electrons. The molecule has 0 atom stereocenters. The molecule has 3 heteroatoms. The fourth-order valence-electron chi connectivity index (χ4n) is 2.13. The fraction of sp³-hybridized carbons (Fsp3) is 0.647. The molecular weight excluding hydrogens is 250 g/mol. The Morgan fingerprint density at radius 3 is 2.40 bits per heavy atom. The van der Waals surface area contributed by atoms with Crippen molar-refractivity contribution >= 4 is 0 Å². The van der Waals surface area contributed by atoms with E-state index in [0.29, 0.717) is 24.3 Å². The second kappa shape index (κ2) is 8.15. The van der Waals surface area contributed by atoms with Gasteiger partial charge in [-0.05, 0) is 32.3 Å². The van der Waals surface area contributed by atoms with Crippen molar-refractivity contribution in [2.75, 3.05) is 13.2 Å². The van der Waals surface area contributed by atoms with E-state index in [9.17, 15) is 5.11 Å². The molecule has 0 saturated heterocycles. The zero-order valence-electron chi connectivity index (χ0n) is 13.5. The number of rotatable bonds is 8. The quantitative estimate of drug-likeness (QED) is 0.779. The van der Waals surface area contributed by atoms with Gasteiger partial charge in [-0.2, -0.15) is 0 Å². The molecule has 0 bridgehead atoms. The molecular formula is C17H29NO2. The molecule has 0 spiro atoms. The minimum atomic E-state index is 0.327. The molecule has 1 aromatic rings. The van der Waals surface area contributed by atoms with Crippen molar-refractivity contribution in [2.24, 2.45) is 5.92 Å². The standard InChI is InChI=1S/C17H29NO2/c1-6-9-20-16-8-7-15(17(19)10-16)12-18(14(4)5)11-13(2)3/h7-8,10,13-14,19H,6,9,11-12H2,1-5H3. The lowest BCUT2D eigenvalue weighted by Crippen LogP contribution is -2.33. The molecule has 0 unspecified atom stereocenters. The number of ether oxygens (including phenoxy) is 1. The maximum absolute atomic E-state index is 10.1. The van der Waals surface area contributed by atoms with Crippen LogP contribution in [-0.4, -0.2) is 29.2 Å². The molecule has 0 aliphatic rings. The Bertz CT molecular complexity index is 402. The number of hydrogen-bond donors (Lipinski definition) is 1. The topological polar surface area (TPSA) is 32.7 Å². The molecule has 20 heavy (non-hydrogen) atoms. The van der Waals surface area contributed by atoms with Crippen molar-refractivity contribution in [1.82, 2.24) is 4.90 Å². The Hall–Kier alpha value is -1.22. The van der Waals surface area contributed by atoms with Gasteiger partial charge in [0.05, 0.1) is 6.61 Å². The SMILES string of the molecule is CCCOc1ccc(CN(CC(C)C)C(C)C)c(O)c1. The van der Waals surface area contributed by atoms with Crippen LogP contribution in [0.5, 0.6) is 11.5 Å². The number of benzene rings is 1. The van der Waals surface area contributed by atoms with Gasteiger partial charge in [-0.25, -0.2) is 0 Å². The molecule has 1 aromatic carbocycles. The van der Waals surface area contributed by atoms with Gasteiger partial charge in [-0.3, -0.25) is 4.90 Å². The predicted molar refractivity (Wildman–Crippen MR) is 84.3 cm³/mol. The Morgan fingerprint density at radius 1 is 1.20 bits per heavy atom. The first kappa shape index (κ1) is 16.8. The van der Waals surface area contributed by atoms with Crippen LogP contribution in [0.4, 0.5) is 0 Å². The van der Waals surface area contributed by atoms with Gasteiger partial charge in [0, 0.05) is 30.8 Å². The van der Waals surface area contributed by atoms with Gasteiger partial charge in [0.15, 0.2) is 0 Å². The lowest BCUT2D eigenvalue weighted by Gasteiger charge is -2.28. The second-order valence-electron chi connectivity index (χ2n) is 6.06. The van der Waals surface area contributed by atoms with Crippen LogP contribution in [0.15, 0.2) is 18.2 Å². The molecule has 0 aromatic heterocycles. The number of aromatic hydroxyl groups is 1. The van der Waals surface area contributed by atoms with Crippen LogP contribution in [0.3, 0.4) is 0 Å². The van der Waals surface area contributed by atoms with Crippen molar-refractivity contribution in [3.8, 4) is 11.5 Å². The first-order valence-electron chi connectivity index (χ1n) is 7.62. The zero-order valence-corrected chi connectivity index (χ0v) is 13.5. The van der Waals surface area contributed by atoms with Crippen LogP contribution < -0.4 is 4.74 Å². The molecule has 0 amide bonds. The molecule has 0 aliphatic carbocycles. The third-order valence-electron chi connectivity index (χ3n) is 3.23. The van der Waals surface area contributed by atoms with E-state index in [4.69, 9.17) is 4.74 Å². The third-order valence-corrected chi connectivity index (χ3v) is 3.23. The average molecular weight is 279 g/mol. The van der Waals surface area contributed by atoms with Crippen molar-refractivity contribution in [1.29, 1.82) is 0 Å².